The van der Waals surface area contributed by atoms with Crippen LogP contribution in [0.4, 0.5) is 5.82 Å². The quantitative estimate of drug-likeness (QED) is 0.423. The molecule has 0 saturated carbocycles. The predicted octanol–water partition coefficient (Wildman–Crippen LogP) is 4.68. The van der Waals surface area contributed by atoms with E-state index >= 15 is 0 Å². The molecule has 0 aliphatic carbocycles. The Morgan fingerprint density at radius 3 is 2.73 bits per heavy atom. The highest BCUT2D eigenvalue weighted by atomic mass is 16.5. The van der Waals surface area contributed by atoms with Crippen LogP contribution in [0.1, 0.15) is 32.6 Å². The van der Waals surface area contributed by atoms with Crippen LogP contribution in [0.25, 0.3) is 22.2 Å². The monoisotopic (exact) mass is 409 g/mol. The van der Waals surface area contributed by atoms with Gasteiger partial charge in [-0.1, -0.05) is 13.0 Å². The molecule has 0 aliphatic heterocycles. The molecule has 0 fully saturated rings. The first-order chi connectivity index (χ1) is 14.7. The maximum Gasteiger partial charge on any atom is 0.125 e. The molecule has 1 aromatic carbocycles. The minimum Gasteiger partial charge on any atom is -0.491 e. The van der Waals surface area contributed by atoms with Crippen LogP contribution in [0.3, 0.4) is 0 Å². The molecular formula is C24H31N3O3. The van der Waals surface area contributed by atoms with E-state index in [0.29, 0.717) is 6.42 Å². The Morgan fingerprint density at radius 2 is 1.97 bits per heavy atom. The summed E-state index contributed by atoms with van der Waals surface area (Å²) in [5.74, 6) is 1.57. The number of nitrogens with one attached hydrogen (secondary N) is 1. The van der Waals surface area contributed by atoms with Crippen molar-refractivity contribution < 1.29 is 14.6 Å². The minimum absolute atomic E-state index is 0.288. The van der Waals surface area contributed by atoms with Crippen molar-refractivity contribution in [1.29, 1.82) is 0 Å². The fourth-order valence-corrected chi connectivity index (χ4v) is 3.15. The van der Waals surface area contributed by atoms with Crippen LogP contribution in [-0.2, 0) is 4.74 Å². The van der Waals surface area contributed by atoms with Crippen molar-refractivity contribution in [2.75, 3.05) is 32.2 Å². The maximum atomic E-state index is 10.1. The van der Waals surface area contributed by atoms with Gasteiger partial charge < -0.3 is 19.9 Å². The van der Waals surface area contributed by atoms with Gasteiger partial charge in [0.15, 0.2) is 0 Å². The molecule has 6 heteroatoms. The topological polar surface area (TPSA) is 76.5 Å². The standard InChI is InChI=1S/C24H31N3O3/c1-3-13-29-14-5-4-6-20(28)17-30-21-9-11-22-18(15-21)7-10-23(27-22)19-8-12-24(25-2)26-16-19/h7-12,15-16,20,28H,3-6,13-14,17H2,1-2H3,(H,25,26)/t20-/m1/s1. The van der Waals surface area contributed by atoms with Crippen molar-refractivity contribution in [3.63, 3.8) is 0 Å². The lowest BCUT2D eigenvalue weighted by molar-refractivity contribution is 0.0901. The summed E-state index contributed by atoms with van der Waals surface area (Å²) in [4.78, 5) is 9.08. The van der Waals surface area contributed by atoms with Gasteiger partial charge in [0.05, 0.1) is 17.3 Å². The second kappa shape index (κ2) is 11.5. The fourth-order valence-electron chi connectivity index (χ4n) is 3.15. The number of hydrogen-bond donors (Lipinski definition) is 2. The number of nitrogens with zero attached hydrogens (tertiary/aromatic N) is 2. The number of anilines is 1. The molecule has 0 bridgehead atoms. The summed E-state index contributed by atoms with van der Waals surface area (Å²) >= 11 is 0. The Hall–Kier alpha value is -2.70. The Morgan fingerprint density at radius 1 is 1.07 bits per heavy atom. The second-order valence-electron chi connectivity index (χ2n) is 7.31. The van der Waals surface area contributed by atoms with E-state index in [0.717, 1.165) is 66.2 Å². The number of ether oxygens (including phenoxy) is 2. The third-order valence-electron chi connectivity index (χ3n) is 4.84. The molecular weight excluding hydrogens is 378 g/mol. The zero-order chi connectivity index (χ0) is 21.2. The third-order valence-corrected chi connectivity index (χ3v) is 4.84. The van der Waals surface area contributed by atoms with E-state index in [1.54, 1.807) is 0 Å². The molecule has 0 unspecified atom stereocenters. The summed E-state index contributed by atoms with van der Waals surface area (Å²) in [5, 5.41) is 14.2. The van der Waals surface area contributed by atoms with Gasteiger partial charge >= 0.3 is 0 Å². The van der Waals surface area contributed by atoms with E-state index in [-0.39, 0.29) is 6.61 Å². The van der Waals surface area contributed by atoms with Crippen molar-refractivity contribution in [2.24, 2.45) is 0 Å². The molecule has 0 spiro atoms. The molecule has 160 valence electrons. The van der Waals surface area contributed by atoms with Gasteiger partial charge in [-0.15, -0.1) is 0 Å². The highest BCUT2D eigenvalue weighted by molar-refractivity contribution is 5.82. The number of unbranched alkanes of at least 4 members (excludes halogenated alkanes) is 1. The van der Waals surface area contributed by atoms with Crippen molar-refractivity contribution in [1.82, 2.24) is 9.97 Å². The fraction of sp³-hybridized carbons (Fsp3) is 0.417. The minimum atomic E-state index is -0.472. The molecule has 2 heterocycles. The van der Waals surface area contributed by atoms with Gasteiger partial charge in [0.2, 0.25) is 0 Å². The van der Waals surface area contributed by atoms with E-state index in [1.807, 2.05) is 55.7 Å². The lowest BCUT2D eigenvalue weighted by Crippen LogP contribution is -2.17. The van der Waals surface area contributed by atoms with E-state index in [2.05, 4.69) is 17.2 Å². The Bertz CT molecular complexity index is 915. The molecule has 6 nitrogen and oxygen atoms in total. The normalized spacial score (nSPS) is 12.1. The summed E-state index contributed by atoms with van der Waals surface area (Å²) in [6.45, 7) is 3.96. The number of fused-ring (bicyclic) bond motifs is 1. The SMILES string of the molecule is CCCOCCCC[C@@H](O)COc1ccc2nc(-c3ccc(NC)nc3)ccc2c1. The highest BCUT2D eigenvalue weighted by Crippen LogP contribution is 2.24. The largest absolute Gasteiger partial charge is 0.491 e. The average Bonchev–Trinajstić information content (AvgIpc) is 2.79. The number of pyridine rings is 2. The molecule has 3 aromatic rings. The van der Waals surface area contributed by atoms with E-state index < -0.39 is 6.10 Å². The zero-order valence-corrected chi connectivity index (χ0v) is 17.8. The third kappa shape index (κ3) is 6.40. The summed E-state index contributed by atoms with van der Waals surface area (Å²) < 4.78 is 11.2. The molecule has 2 N–H and O–H groups in total. The molecule has 0 aliphatic rings. The average molecular weight is 410 g/mol. The molecule has 0 amide bonds. The van der Waals surface area contributed by atoms with Gasteiger partial charge in [0.1, 0.15) is 18.2 Å². The maximum absolute atomic E-state index is 10.1. The van der Waals surface area contributed by atoms with Gasteiger partial charge in [0.25, 0.3) is 0 Å². The Kier molecular flexibility index (Phi) is 8.41. The summed E-state index contributed by atoms with van der Waals surface area (Å²) in [6, 6.07) is 13.7. The lowest BCUT2D eigenvalue weighted by atomic mass is 10.1. The van der Waals surface area contributed by atoms with Crippen LogP contribution < -0.4 is 10.1 Å². The number of aliphatic hydroxyl groups excluding tert-OH is 1. The van der Waals surface area contributed by atoms with Crippen LogP contribution in [0, 0.1) is 0 Å². The van der Waals surface area contributed by atoms with Crippen molar-refractivity contribution in [3.05, 3.63) is 48.7 Å². The van der Waals surface area contributed by atoms with Crippen LogP contribution >= 0.6 is 0 Å². The van der Waals surface area contributed by atoms with E-state index in [9.17, 15) is 5.11 Å². The molecule has 0 radical (unpaired) electrons. The number of hydrogen-bond acceptors (Lipinski definition) is 6. The summed E-state index contributed by atoms with van der Waals surface area (Å²) in [6.07, 6.45) is 5.00. The Labute approximate surface area is 178 Å². The highest BCUT2D eigenvalue weighted by Gasteiger charge is 2.07. The molecule has 2 aromatic heterocycles. The van der Waals surface area contributed by atoms with Crippen molar-refractivity contribution in [3.8, 4) is 17.0 Å². The first-order valence-corrected chi connectivity index (χ1v) is 10.6. The zero-order valence-electron chi connectivity index (χ0n) is 17.8. The van der Waals surface area contributed by atoms with Gasteiger partial charge in [-0.2, -0.15) is 0 Å². The number of aliphatic hydroxyl groups is 1. The molecule has 1 atom stereocenters. The first kappa shape index (κ1) is 22.0. The summed E-state index contributed by atoms with van der Waals surface area (Å²) in [7, 11) is 1.85. The predicted molar refractivity (Wildman–Crippen MR) is 121 cm³/mol. The molecule has 3 rings (SSSR count). The van der Waals surface area contributed by atoms with Crippen LogP contribution in [0.5, 0.6) is 5.75 Å². The van der Waals surface area contributed by atoms with Crippen molar-refractivity contribution >= 4 is 16.7 Å². The van der Waals surface area contributed by atoms with Gasteiger partial charge in [-0.3, -0.25) is 0 Å². The van der Waals surface area contributed by atoms with Gasteiger partial charge in [-0.25, -0.2) is 9.97 Å². The van der Waals surface area contributed by atoms with Crippen LogP contribution in [-0.4, -0.2) is 48.0 Å². The Balaban J connectivity index is 1.52. The number of aromatic nitrogens is 2. The molecule has 0 saturated heterocycles. The second-order valence-corrected chi connectivity index (χ2v) is 7.31. The summed E-state index contributed by atoms with van der Waals surface area (Å²) in [5.41, 5.74) is 2.74. The number of rotatable bonds is 12. The lowest BCUT2D eigenvalue weighted by Gasteiger charge is -2.13. The first-order valence-electron chi connectivity index (χ1n) is 10.6. The smallest absolute Gasteiger partial charge is 0.125 e. The van der Waals surface area contributed by atoms with Crippen LogP contribution in [0.2, 0.25) is 0 Å². The molecule has 30 heavy (non-hydrogen) atoms. The van der Waals surface area contributed by atoms with Crippen LogP contribution in [0.15, 0.2) is 48.7 Å². The van der Waals surface area contributed by atoms with Crippen molar-refractivity contribution in [2.45, 2.75) is 38.7 Å². The van der Waals surface area contributed by atoms with Gasteiger partial charge in [-0.05, 0) is 62.1 Å². The number of benzene rings is 1. The van der Waals surface area contributed by atoms with E-state index in [1.165, 1.54) is 0 Å². The van der Waals surface area contributed by atoms with E-state index in [4.69, 9.17) is 14.5 Å². The van der Waals surface area contributed by atoms with Gasteiger partial charge in [0, 0.05) is 37.4 Å².